The van der Waals surface area contributed by atoms with E-state index in [9.17, 15) is 9.81 Å². The van der Waals surface area contributed by atoms with Gasteiger partial charge in [0.25, 0.3) is 0 Å². The van der Waals surface area contributed by atoms with Crippen molar-refractivity contribution in [3.63, 3.8) is 0 Å². The Morgan fingerprint density at radius 2 is 1.10 bits per heavy atom. The maximum atomic E-state index is 10.00. The van der Waals surface area contributed by atoms with Crippen molar-refractivity contribution in [1.29, 1.82) is 0 Å². The van der Waals surface area contributed by atoms with Gasteiger partial charge in [-0.1, -0.05) is 10.4 Å². The van der Waals surface area contributed by atoms with Crippen molar-refractivity contribution >= 4 is 0 Å². The van der Waals surface area contributed by atoms with Crippen molar-refractivity contribution in [2.24, 2.45) is 10.4 Å². The van der Waals surface area contributed by atoms with Crippen LogP contribution in [0.15, 0.2) is 10.4 Å². The van der Waals surface area contributed by atoms with E-state index in [1.54, 1.807) is 0 Å². The van der Waals surface area contributed by atoms with Crippen LogP contribution in [0.4, 0.5) is 0 Å². The SMILES string of the molecule is O=N[C@H]1CC[C@H](N=O)CC1. The van der Waals surface area contributed by atoms with E-state index in [4.69, 9.17) is 0 Å². The molecule has 0 aromatic rings. The molecule has 1 aliphatic carbocycles. The minimum Gasteiger partial charge on any atom is -0.151 e. The fraction of sp³-hybridized carbons (Fsp3) is 1.00. The van der Waals surface area contributed by atoms with E-state index in [0.717, 1.165) is 25.7 Å². The van der Waals surface area contributed by atoms with Crippen molar-refractivity contribution in [2.45, 2.75) is 37.8 Å². The highest BCUT2D eigenvalue weighted by atomic mass is 16.3. The summed E-state index contributed by atoms with van der Waals surface area (Å²) in [5, 5.41) is 5.85. The fourth-order valence-electron chi connectivity index (χ4n) is 1.27. The second-order valence-corrected chi connectivity index (χ2v) is 2.67. The van der Waals surface area contributed by atoms with E-state index in [1.165, 1.54) is 0 Å². The lowest BCUT2D eigenvalue weighted by atomic mass is 9.92. The van der Waals surface area contributed by atoms with Gasteiger partial charge in [-0.2, -0.15) is 9.81 Å². The Morgan fingerprint density at radius 3 is 1.30 bits per heavy atom. The van der Waals surface area contributed by atoms with Crippen LogP contribution < -0.4 is 0 Å². The average Bonchev–Trinajstić information content (AvgIpc) is 2.05. The third kappa shape index (κ3) is 1.59. The van der Waals surface area contributed by atoms with E-state index >= 15 is 0 Å². The monoisotopic (exact) mass is 142 g/mol. The van der Waals surface area contributed by atoms with Crippen LogP contribution in [0, 0.1) is 9.81 Å². The van der Waals surface area contributed by atoms with E-state index in [0.29, 0.717) is 0 Å². The van der Waals surface area contributed by atoms with Gasteiger partial charge in [0.15, 0.2) is 0 Å². The van der Waals surface area contributed by atoms with Crippen molar-refractivity contribution in [1.82, 2.24) is 0 Å². The minimum absolute atomic E-state index is 0.0574. The molecule has 1 aliphatic rings. The molecule has 56 valence electrons. The summed E-state index contributed by atoms with van der Waals surface area (Å²) in [5.41, 5.74) is 0. The lowest BCUT2D eigenvalue weighted by Crippen LogP contribution is -2.18. The first kappa shape index (κ1) is 7.31. The molecule has 10 heavy (non-hydrogen) atoms. The first-order chi connectivity index (χ1) is 4.86. The molecule has 0 aromatic heterocycles. The molecular weight excluding hydrogens is 132 g/mol. The summed E-state index contributed by atoms with van der Waals surface area (Å²) < 4.78 is 0. The van der Waals surface area contributed by atoms with Crippen molar-refractivity contribution in [3.05, 3.63) is 9.81 Å². The smallest absolute Gasteiger partial charge is 0.0921 e. The molecule has 0 atom stereocenters. The third-order valence-corrected chi connectivity index (χ3v) is 1.96. The maximum absolute atomic E-state index is 10.00. The molecule has 0 aliphatic heterocycles. The van der Waals surface area contributed by atoms with Gasteiger partial charge in [0, 0.05) is 0 Å². The van der Waals surface area contributed by atoms with Crippen LogP contribution in [0.25, 0.3) is 0 Å². The van der Waals surface area contributed by atoms with Crippen LogP contribution in [-0.2, 0) is 0 Å². The molecule has 0 heterocycles. The summed E-state index contributed by atoms with van der Waals surface area (Å²) in [6.45, 7) is 0. The Kier molecular flexibility index (Phi) is 2.48. The van der Waals surface area contributed by atoms with Gasteiger partial charge in [-0.15, -0.1) is 0 Å². The quantitative estimate of drug-likeness (QED) is 0.552. The molecule has 1 fully saturated rings. The molecule has 0 N–H and O–H groups in total. The molecular formula is C6H10N2O2. The van der Waals surface area contributed by atoms with Gasteiger partial charge in [-0.3, -0.25) is 0 Å². The summed E-state index contributed by atoms with van der Waals surface area (Å²) in [4.78, 5) is 20.0. The fourth-order valence-corrected chi connectivity index (χ4v) is 1.27. The zero-order chi connectivity index (χ0) is 7.40. The molecule has 1 rings (SSSR count). The number of nitrogens with zero attached hydrogens (tertiary/aromatic N) is 2. The molecule has 0 saturated heterocycles. The Morgan fingerprint density at radius 1 is 0.800 bits per heavy atom. The lowest BCUT2D eigenvalue weighted by molar-refractivity contribution is 0.394. The molecule has 1 saturated carbocycles. The van der Waals surface area contributed by atoms with Crippen LogP contribution in [0.1, 0.15) is 25.7 Å². The Balaban J connectivity index is 2.30. The van der Waals surface area contributed by atoms with Gasteiger partial charge in [0.05, 0.1) is 12.1 Å². The summed E-state index contributed by atoms with van der Waals surface area (Å²) in [6.07, 6.45) is 2.94. The standard InChI is InChI=1S/C6H10N2O2/c9-7-5-1-2-6(8-10)4-3-5/h5-6H,1-4H2/t5-,6-. The van der Waals surface area contributed by atoms with Crippen molar-refractivity contribution < 1.29 is 0 Å². The second kappa shape index (κ2) is 3.39. The van der Waals surface area contributed by atoms with Crippen LogP contribution in [0.3, 0.4) is 0 Å². The van der Waals surface area contributed by atoms with E-state index in [-0.39, 0.29) is 12.1 Å². The van der Waals surface area contributed by atoms with E-state index in [2.05, 4.69) is 10.4 Å². The van der Waals surface area contributed by atoms with Gasteiger partial charge < -0.3 is 0 Å². The molecule has 0 aromatic carbocycles. The molecule has 0 bridgehead atoms. The summed E-state index contributed by atoms with van der Waals surface area (Å²) in [6, 6.07) is -0.115. The van der Waals surface area contributed by atoms with Crippen LogP contribution in [-0.4, -0.2) is 12.1 Å². The van der Waals surface area contributed by atoms with E-state index in [1.807, 2.05) is 0 Å². The second-order valence-electron chi connectivity index (χ2n) is 2.67. The van der Waals surface area contributed by atoms with Gasteiger partial charge in [-0.05, 0) is 25.7 Å². The minimum atomic E-state index is -0.0574. The van der Waals surface area contributed by atoms with Crippen molar-refractivity contribution in [3.8, 4) is 0 Å². The molecule has 0 amide bonds. The Hall–Kier alpha value is -0.800. The number of rotatable bonds is 2. The van der Waals surface area contributed by atoms with Gasteiger partial charge in [-0.25, -0.2) is 0 Å². The van der Waals surface area contributed by atoms with Gasteiger partial charge in [0.2, 0.25) is 0 Å². The molecule has 4 heteroatoms. The van der Waals surface area contributed by atoms with E-state index < -0.39 is 0 Å². The Labute approximate surface area is 58.9 Å². The normalized spacial score (nSPS) is 33.2. The third-order valence-electron chi connectivity index (χ3n) is 1.96. The maximum Gasteiger partial charge on any atom is 0.0921 e. The first-order valence-corrected chi connectivity index (χ1v) is 3.51. The average molecular weight is 142 g/mol. The first-order valence-electron chi connectivity index (χ1n) is 3.51. The Bertz CT molecular complexity index is 114. The van der Waals surface area contributed by atoms with Crippen LogP contribution in [0.5, 0.6) is 0 Å². The number of hydrogen-bond donors (Lipinski definition) is 0. The van der Waals surface area contributed by atoms with Crippen LogP contribution in [0.2, 0.25) is 0 Å². The molecule has 4 nitrogen and oxygen atoms in total. The molecule has 0 spiro atoms. The summed E-state index contributed by atoms with van der Waals surface area (Å²) in [5.74, 6) is 0. The topological polar surface area (TPSA) is 58.9 Å². The van der Waals surface area contributed by atoms with Crippen molar-refractivity contribution in [2.75, 3.05) is 0 Å². The summed E-state index contributed by atoms with van der Waals surface area (Å²) >= 11 is 0. The largest absolute Gasteiger partial charge is 0.151 e. The number of nitroso groups, excluding NO2 is 2. The summed E-state index contributed by atoms with van der Waals surface area (Å²) in [7, 11) is 0. The molecule has 0 radical (unpaired) electrons. The highest BCUT2D eigenvalue weighted by Gasteiger charge is 2.21. The van der Waals surface area contributed by atoms with Gasteiger partial charge >= 0.3 is 0 Å². The number of hydrogen-bond acceptors (Lipinski definition) is 4. The highest BCUT2D eigenvalue weighted by Crippen LogP contribution is 2.22. The van der Waals surface area contributed by atoms with Crippen LogP contribution >= 0.6 is 0 Å². The predicted molar refractivity (Wildman–Crippen MR) is 37.6 cm³/mol. The lowest BCUT2D eigenvalue weighted by Gasteiger charge is -2.18. The zero-order valence-electron chi connectivity index (χ0n) is 5.69. The predicted octanol–water partition coefficient (Wildman–Crippen LogP) is 1.83. The van der Waals surface area contributed by atoms with Gasteiger partial charge in [0.1, 0.15) is 0 Å². The zero-order valence-corrected chi connectivity index (χ0v) is 5.69. The molecule has 0 unspecified atom stereocenters. The highest BCUT2D eigenvalue weighted by molar-refractivity contribution is 4.79.